The second-order valence-electron chi connectivity index (χ2n) is 5.26. The molecule has 132 valence electrons. The number of carbonyl (C=O) groups excluding carboxylic acids is 1. The molecule has 2 rings (SSSR count). The van der Waals surface area contributed by atoms with Crippen molar-refractivity contribution in [2.24, 2.45) is 0 Å². The van der Waals surface area contributed by atoms with Gasteiger partial charge in [0.05, 0.1) is 18.1 Å². The summed E-state index contributed by atoms with van der Waals surface area (Å²) in [7, 11) is 2.93. The minimum Gasteiger partial charge on any atom is -0.494 e. The number of nitro groups is 1. The predicted molar refractivity (Wildman–Crippen MR) is 88.0 cm³/mol. The molecule has 0 N–H and O–H groups in total. The van der Waals surface area contributed by atoms with E-state index in [9.17, 15) is 19.3 Å². The van der Waals surface area contributed by atoms with E-state index in [1.54, 1.807) is 13.1 Å². The first kappa shape index (κ1) is 18.2. The molecule has 2 aromatic rings. The maximum absolute atomic E-state index is 13.7. The van der Waals surface area contributed by atoms with Crippen molar-refractivity contribution in [2.75, 3.05) is 20.8 Å². The van der Waals surface area contributed by atoms with Gasteiger partial charge in [0.15, 0.2) is 18.2 Å². The normalized spacial score (nSPS) is 10.2. The molecule has 0 fully saturated rings. The molecule has 25 heavy (non-hydrogen) atoms. The minimum absolute atomic E-state index is 0.119. The molecular weight excluding hydrogens is 331 g/mol. The summed E-state index contributed by atoms with van der Waals surface area (Å²) in [5.74, 6) is -0.491. The summed E-state index contributed by atoms with van der Waals surface area (Å²) >= 11 is 0. The van der Waals surface area contributed by atoms with E-state index >= 15 is 0 Å². The molecule has 0 aliphatic carbocycles. The lowest BCUT2D eigenvalue weighted by atomic mass is 10.2. The number of amides is 1. The van der Waals surface area contributed by atoms with Gasteiger partial charge in [0.1, 0.15) is 5.75 Å². The molecule has 0 unspecified atom stereocenters. The van der Waals surface area contributed by atoms with Crippen molar-refractivity contribution < 1.29 is 23.6 Å². The van der Waals surface area contributed by atoms with E-state index in [-0.39, 0.29) is 36.2 Å². The van der Waals surface area contributed by atoms with Crippen LogP contribution >= 0.6 is 0 Å². The summed E-state index contributed by atoms with van der Waals surface area (Å²) in [6.07, 6.45) is 0. The molecule has 1 amide bonds. The highest BCUT2D eigenvalue weighted by molar-refractivity contribution is 5.77. The topological polar surface area (TPSA) is 81.9 Å². The second-order valence-corrected chi connectivity index (χ2v) is 5.26. The lowest BCUT2D eigenvalue weighted by Crippen LogP contribution is -2.31. The number of nitro benzene ring substituents is 1. The van der Waals surface area contributed by atoms with Crippen LogP contribution in [-0.4, -0.2) is 36.5 Å². The Morgan fingerprint density at radius 1 is 1.28 bits per heavy atom. The molecule has 0 heterocycles. The molecule has 0 saturated heterocycles. The van der Waals surface area contributed by atoms with Gasteiger partial charge in [-0.15, -0.1) is 0 Å². The van der Waals surface area contributed by atoms with Crippen molar-refractivity contribution in [1.82, 2.24) is 4.90 Å². The van der Waals surface area contributed by atoms with Crippen LogP contribution in [0.25, 0.3) is 0 Å². The van der Waals surface area contributed by atoms with Crippen molar-refractivity contribution >= 4 is 11.6 Å². The first-order valence-electron chi connectivity index (χ1n) is 7.34. The fourth-order valence-electron chi connectivity index (χ4n) is 2.11. The first-order valence-corrected chi connectivity index (χ1v) is 7.34. The number of non-ortho nitro benzene ring substituents is 1. The molecule has 0 saturated carbocycles. The largest absolute Gasteiger partial charge is 0.494 e. The van der Waals surface area contributed by atoms with E-state index in [1.165, 1.54) is 48.4 Å². The van der Waals surface area contributed by atoms with Gasteiger partial charge in [-0.3, -0.25) is 14.9 Å². The zero-order valence-corrected chi connectivity index (χ0v) is 13.8. The SMILES string of the molecule is COc1ccc(CN(C)C(=O)COc2cccc([N+](=O)[O-])c2)cc1F. The number of hydrogen-bond donors (Lipinski definition) is 0. The van der Waals surface area contributed by atoms with E-state index in [4.69, 9.17) is 9.47 Å². The Hall–Kier alpha value is -3.16. The summed E-state index contributed by atoms with van der Waals surface area (Å²) < 4.78 is 23.8. The highest BCUT2D eigenvalue weighted by Gasteiger charge is 2.13. The fraction of sp³-hybridized carbons (Fsp3) is 0.235. The minimum atomic E-state index is -0.543. The van der Waals surface area contributed by atoms with Crippen molar-refractivity contribution in [3.8, 4) is 11.5 Å². The van der Waals surface area contributed by atoms with Crippen LogP contribution in [0, 0.1) is 15.9 Å². The first-order chi connectivity index (χ1) is 11.9. The number of nitrogens with zero attached hydrogens (tertiary/aromatic N) is 2. The summed E-state index contributed by atoms with van der Waals surface area (Å²) in [5, 5.41) is 10.7. The number of likely N-dealkylation sites (N-methyl/N-ethyl adjacent to an activating group) is 1. The summed E-state index contributed by atoms with van der Waals surface area (Å²) in [6, 6.07) is 10.0. The quantitative estimate of drug-likeness (QED) is 0.568. The van der Waals surface area contributed by atoms with Gasteiger partial charge in [-0.1, -0.05) is 12.1 Å². The van der Waals surface area contributed by atoms with Crippen molar-refractivity contribution in [3.05, 3.63) is 64.0 Å². The Kier molecular flexibility index (Phi) is 5.89. The molecule has 0 radical (unpaired) electrons. The summed E-state index contributed by atoms with van der Waals surface area (Å²) in [5.41, 5.74) is 0.483. The van der Waals surface area contributed by atoms with Crippen molar-refractivity contribution in [1.29, 1.82) is 0 Å². The van der Waals surface area contributed by atoms with Crippen molar-refractivity contribution in [2.45, 2.75) is 6.54 Å². The molecule has 2 aromatic carbocycles. The number of ether oxygens (including phenoxy) is 2. The van der Waals surface area contributed by atoms with Gasteiger partial charge in [0.25, 0.3) is 11.6 Å². The van der Waals surface area contributed by atoms with E-state index in [0.29, 0.717) is 5.56 Å². The summed E-state index contributed by atoms with van der Waals surface area (Å²) in [4.78, 5) is 23.6. The van der Waals surface area contributed by atoms with Crippen LogP contribution in [0.15, 0.2) is 42.5 Å². The van der Waals surface area contributed by atoms with Gasteiger partial charge in [-0.25, -0.2) is 4.39 Å². The number of carbonyl (C=O) groups is 1. The van der Waals surface area contributed by atoms with E-state index in [2.05, 4.69) is 0 Å². The smallest absolute Gasteiger partial charge is 0.273 e. The third-order valence-electron chi connectivity index (χ3n) is 3.45. The third kappa shape index (κ3) is 4.90. The Bertz CT molecular complexity index is 781. The lowest BCUT2D eigenvalue weighted by molar-refractivity contribution is -0.384. The van der Waals surface area contributed by atoms with E-state index in [0.717, 1.165) is 0 Å². The Morgan fingerprint density at radius 2 is 2.04 bits per heavy atom. The average Bonchev–Trinajstić information content (AvgIpc) is 2.60. The Balaban J connectivity index is 1.93. The Morgan fingerprint density at radius 3 is 2.68 bits per heavy atom. The second kappa shape index (κ2) is 8.09. The van der Waals surface area contributed by atoms with Gasteiger partial charge < -0.3 is 14.4 Å². The highest BCUT2D eigenvalue weighted by atomic mass is 19.1. The van der Waals surface area contributed by atoms with Crippen LogP contribution in [0.4, 0.5) is 10.1 Å². The van der Waals surface area contributed by atoms with Crippen molar-refractivity contribution in [3.63, 3.8) is 0 Å². The zero-order valence-electron chi connectivity index (χ0n) is 13.8. The number of benzene rings is 2. The molecule has 0 atom stereocenters. The number of hydrogen-bond acceptors (Lipinski definition) is 5. The monoisotopic (exact) mass is 348 g/mol. The van der Waals surface area contributed by atoms with Crippen LogP contribution in [0.5, 0.6) is 11.5 Å². The predicted octanol–water partition coefficient (Wildman–Crippen LogP) is 2.78. The summed E-state index contributed by atoms with van der Waals surface area (Å²) in [6.45, 7) is -0.0889. The van der Waals surface area contributed by atoms with Crippen LogP contribution in [0.1, 0.15) is 5.56 Å². The molecule has 0 aliphatic heterocycles. The Labute approximate surface area is 143 Å². The lowest BCUT2D eigenvalue weighted by Gasteiger charge is -2.18. The van der Waals surface area contributed by atoms with Crippen LogP contribution in [0.2, 0.25) is 0 Å². The maximum atomic E-state index is 13.7. The molecular formula is C17H17FN2O5. The maximum Gasteiger partial charge on any atom is 0.273 e. The fourth-order valence-corrected chi connectivity index (χ4v) is 2.11. The zero-order chi connectivity index (χ0) is 18.4. The van der Waals surface area contributed by atoms with Crippen LogP contribution in [-0.2, 0) is 11.3 Å². The van der Waals surface area contributed by atoms with Gasteiger partial charge in [0.2, 0.25) is 0 Å². The average molecular weight is 348 g/mol. The van der Waals surface area contributed by atoms with E-state index < -0.39 is 10.7 Å². The molecule has 7 nitrogen and oxygen atoms in total. The molecule has 0 spiro atoms. The standard InChI is InChI=1S/C17H17FN2O5/c1-19(10-12-6-7-16(24-2)15(18)8-12)17(21)11-25-14-5-3-4-13(9-14)20(22)23/h3-9H,10-11H2,1-2H3. The third-order valence-corrected chi connectivity index (χ3v) is 3.45. The van der Waals surface area contributed by atoms with Crippen LogP contribution < -0.4 is 9.47 Å². The molecule has 0 aliphatic rings. The van der Waals surface area contributed by atoms with Gasteiger partial charge in [-0.05, 0) is 23.8 Å². The van der Waals surface area contributed by atoms with Gasteiger partial charge in [0, 0.05) is 19.7 Å². The van der Waals surface area contributed by atoms with Crippen LogP contribution in [0.3, 0.4) is 0 Å². The molecule has 0 bridgehead atoms. The van der Waals surface area contributed by atoms with E-state index in [1.807, 2.05) is 0 Å². The number of halogens is 1. The number of rotatable bonds is 7. The van der Waals surface area contributed by atoms with Gasteiger partial charge >= 0.3 is 0 Å². The molecule has 8 heteroatoms. The highest BCUT2D eigenvalue weighted by Crippen LogP contribution is 2.20. The molecule has 0 aromatic heterocycles. The number of methoxy groups -OCH3 is 1. The van der Waals surface area contributed by atoms with Gasteiger partial charge in [-0.2, -0.15) is 0 Å².